The summed E-state index contributed by atoms with van der Waals surface area (Å²) in [6.45, 7) is 0.485. The molecule has 1 heterocycles. The number of para-hydroxylation sites is 1. The molecule has 0 atom stereocenters. The fourth-order valence-electron chi connectivity index (χ4n) is 2.37. The third kappa shape index (κ3) is 5.27. The molecule has 2 aromatic carbocycles. The smallest absolute Gasteiger partial charge is 0.271 e. The largest absolute Gasteiger partial charge is 0.351 e. The van der Waals surface area contributed by atoms with E-state index in [0.29, 0.717) is 12.2 Å². The molecular formula is C20H18FN3O2S. The highest BCUT2D eigenvalue weighted by Gasteiger charge is 2.10. The molecule has 0 aliphatic heterocycles. The van der Waals surface area contributed by atoms with E-state index in [1.54, 1.807) is 48.2 Å². The van der Waals surface area contributed by atoms with E-state index in [9.17, 15) is 14.0 Å². The molecule has 0 spiro atoms. The number of carbonyl (C=O) groups is 1. The van der Waals surface area contributed by atoms with Crippen molar-refractivity contribution in [1.82, 2.24) is 15.1 Å². The lowest BCUT2D eigenvalue weighted by molar-refractivity contribution is 0.0947. The van der Waals surface area contributed by atoms with Crippen LogP contribution >= 0.6 is 11.8 Å². The normalized spacial score (nSPS) is 10.6. The second-order valence-corrected chi connectivity index (χ2v) is 6.88. The van der Waals surface area contributed by atoms with Gasteiger partial charge in [-0.1, -0.05) is 18.2 Å². The molecule has 5 nitrogen and oxygen atoms in total. The van der Waals surface area contributed by atoms with E-state index in [-0.39, 0.29) is 23.0 Å². The molecule has 0 unspecified atom stereocenters. The lowest BCUT2D eigenvalue weighted by Gasteiger charge is -2.08. The monoisotopic (exact) mass is 383 g/mol. The third-order valence-electron chi connectivity index (χ3n) is 3.72. The van der Waals surface area contributed by atoms with Crippen molar-refractivity contribution in [2.24, 2.45) is 0 Å². The van der Waals surface area contributed by atoms with E-state index in [4.69, 9.17) is 0 Å². The van der Waals surface area contributed by atoms with Gasteiger partial charge in [0.15, 0.2) is 0 Å². The second-order valence-electron chi connectivity index (χ2n) is 5.72. The van der Waals surface area contributed by atoms with Gasteiger partial charge in [-0.25, -0.2) is 4.39 Å². The van der Waals surface area contributed by atoms with Crippen molar-refractivity contribution in [3.05, 3.63) is 88.6 Å². The van der Waals surface area contributed by atoms with Crippen LogP contribution in [0.5, 0.6) is 0 Å². The minimum absolute atomic E-state index is 0.185. The van der Waals surface area contributed by atoms with E-state index in [1.165, 1.54) is 28.9 Å². The first-order valence-electron chi connectivity index (χ1n) is 8.46. The maximum atomic E-state index is 12.9. The van der Waals surface area contributed by atoms with Crippen molar-refractivity contribution in [2.45, 2.75) is 11.3 Å². The summed E-state index contributed by atoms with van der Waals surface area (Å²) in [5.41, 5.74) is 0.492. The molecule has 3 rings (SSSR count). The quantitative estimate of drug-likeness (QED) is 0.502. The Hall–Kier alpha value is -2.93. The Morgan fingerprint density at radius 2 is 1.78 bits per heavy atom. The molecule has 138 valence electrons. The molecule has 1 N–H and O–H groups in total. The number of hydrogen-bond donors (Lipinski definition) is 1. The van der Waals surface area contributed by atoms with Gasteiger partial charge in [0.05, 0.1) is 5.69 Å². The van der Waals surface area contributed by atoms with Crippen molar-refractivity contribution >= 4 is 17.7 Å². The number of nitrogens with one attached hydrogen (secondary N) is 1. The fraction of sp³-hybridized carbons (Fsp3) is 0.150. The minimum Gasteiger partial charge on any atom is -0.351 e. The highest BCUT2D eigenvalue weighted by atomic mass is 32.2. The average Bonchev–Trinajstić information content (AvgIpc) is 2.70. The first-order valence-corrected chi connectivity index (χ1v) is 9.44. The lowest BCUT2D eigenvalue weighted by atomic mass is 10.3. The summed E-state index contributed by atoms with van der Waals surface area (Å²) < 4.78 is 14.1. The summed E-state index contributed by atoms with van der Waals surface area (Å²) in [4.78, 5) is 25.3. The summed E-state index contributed by atoms with van der Waals surface area (Å²) in [6.07, 6.45) is 0.756. The number of thioether (sulfide) groups is 1. The van der Waals surface area contributed by atoms with Crippen LogP contribution in [0.3, 0.4) is 0 Å². The molecule has 0 radical (unpaired) electrons. The molecule has 0 fully saturated rings. The molecular weight excluding hydrogens is 365 g/mol. The molecule has 3 aromatic rings. The summed E-state index contributed by atoms with van der Waals surface area (Å²) in [6, 6.07) is 18.0. The first kappa shape index (κ1) is 18.8. The molecule has 0 aliphatic rings. The average molecular weight is 383 g/mol. The van der Waals surface area contributed by atoms with Crippen molar-refractivity contribution < 1.29 is 9.18 Å². The zero-order valence-corrected chi connectivity index (χ0v) is 15.3. The van der Waals surface area contributed by atoms with E-state index in [0.717, 1.165) is 17.1 Å². The van der Waals surface area contributed by atoms with Crippen LogP contribution in [0.2, 0.25) is 0 Å². The predicted octanol–water partition coefficient (Wildman–Crippen LogP) is 3.28. The number of halogens is 1. The topological polar surface area (TPSA) is 64.0 Å². The van der Waals surface area contributed by atoms with Crippen LogP contribution in [0, 0.1) is 5.82 Å². The number of aromatic nitrogens is 2. The van der Waals surface area contributed by atoms with E-state index >= 15 is 0 Å². The van der Waals surface area contributed by atoms with E-state index in [1.807, 2.05) is 6.07 Å². The van der Waals surface area contributed by atoms with E-state index in [2.05, 4.69) is 10.4 Å². The van der Waals surface area contributed by atoms with Crippen LogP contribution in [0.4, 0.5) is 4.39 Å². The Bertz CT molecular complexity index is 959. The summed E-state index contributed by atoms with van der Waals surface area (Å²) >= 11 is 1.60. The minimum atomic E-state index is -0.327. The van der Waals surface area contributed by atoms with Crippen molar-refractivity contribution in [1.29, 1.82) is 0 Å². The zero-order valence-electron chi connectivity index (χ0n) is 14.5. The molecule has 1 amide bonds. The van der Waals surface area contributed by atoms with Gasteiger partial charge in [-0.05, 0) is 54.6 Å². The van der Waals surface area contributed by atoms with E-state index < -0.39 is 0 Å². The Balaban J connectivity index is 1.52. The standard InChI is InChI=1S/C20H18FN3O2S/c21-15-7-9-17(10-8-15)27-14-4-13-22-20(26)18-11-12-19(25)24(23-18)16-5-2-1-3-6-16/h1-3,5-12H,4,13-14H2,(H,22,26). The van der Waals surface area contributed by atoms with Gasteiger partial charge >= 0.3 is 0 Å². The Labute approximate surface area is 160 Å². The maximum absolute atomic E-state index is 12.9. The molecule has 27 heavy (non-hydrogen) atoms. The highest BCUT2D eigenvalue weighted by Crippen LogP contribution is 2.18. The lowest BCUT2D eigenvalue weighted by Crippen LogP contribution is -2.29. The third-order valence-corrected chi connectivity index (χ3v) is 4.82. The van der Waals surface area contributed by atoms with Crippen molar-refractivity contribution in [3.63, 3.8) is 0 Å². The van der Waals surface area contributed by atoms with Gasteiger partial charge in [-0.15, -0.1) is 11.8 Å². The van der Waals surface area contributed by atoms with Gasteiger partial charge in [0.1, 0.15) is 11.5 Å². The number of hydrogen-bond acceptors (Lipinski definition) is 4. The summed E-state index contributed by atoms with van der Waals surface area (Å²) in [7, 11) is 0. The van der Waals surface area contributed by atoms with Gasteiger partial charge in [0.25, 0.3) is 11.5 Å². The van der Waals surface area contributed by atoms with Gasteiger partial charge in [-0.2, -0.15) is 9.78 Å². The number of amides is 1. The van der Waals surface area contributed by atoms with Crippen LogP contribution in [-0.4, -0.2) is 28.0 Å². The molecule has 0 bridgehead atoms. The Morgan fingerprint density at radius 3 is 2.52 bits per heavy atom. The number of carbonyl (C=O) groups excluding carboxylic acids is 1. The number of rotatable bonds is 7. The fourth-order valence-corrected chi connectivity index (χ4v) is 3.22. The molecule has 1 aromatic heterocycles. The summed E-state index contributed by atoms with van der Waals surface area (Å²) in [5.74, 6) is 0.213. The van der Waals surface area contributed by atoms with Crippen LogP contribution in [0.15, 0.2) is 76.4 Å². The molecule has 7 heteroatoms. The van der Waals surface area contributed by atoms with Gasteiger partial charge < -0.3 is 5.32 Å². The SMILES string of the molecule is O=C(NCCCSc1ccc(F)cc1)c1ccc(=O)n(-c2ccccc2)n1. The zero-order chi connectivity index (χ0) is 19.1. The van der Waals surface area contributed by atoms with Crippen LogP contribution < -0.4 is 10.9 Å². The highest BCUT2D eigenvalue weighted by molar-refractivity contribution is 7.99. The van der Waals surface area contributed by atoms with Crippen LogP contribution in [0.1, 0.15) is 16.9 Å². The van der Waals surface area contributed by atoms with Crippen molar-refractivity contribution in [2.75, 3.05) is 12.3 Å². The first-order chi connectivity index (χ1) is 13.1. The maximum Gasteiger partial charge on any atom is 0.271 e. The molecule has 0 saturated carbocycles. The Kier molecular flexibility index (Phi) is 6.38. The van der Waals surface area contributed by atoms with Crippen molar-refractivity contribution in [3.8, 4) is 5.69 Å². The number of benzene rings is 2. The van der Waals surface area contributed by atoms with Crippen LogP contribution in [-0.2, 0) is 0 Å². The van der Waals surface area contributed by atoms with Crippen LogP contribution in [0.25, 0.3) is 5.69 Å². The summed E-state index contributed by atoms with van der Waals surface area (Å²) in [5, 5.41) is 6.95. The van der Waals surface area contributed by atoms with Gasteiger partial charge in [0.2, 0.25) is 0 Å². The predicted molar refractivity (Wildman–Crippen MR) is 104 cm³/mol. The number of nitrogens with zero attached hydrogens (tertiary/aromatic N) is 2. The molecule has 0 saturated heterocycles. The Morgan fingerprint density at radius 1 is 1.04 bits per heavy atom. The second kappa shape index (κ2) is 9.14. The molecule has 0 aliphatic carbocycles. The van der Waals surface area contributed by atoms with Gasteiger partial charge in [-0.3, -0.25) is 9.59 Å². The van der Waals surface area contributed by atoms with Gasteiger partial charge in [0, 0.05) is 17.5 Å².